The standard InChI is InChI=1S/C25H43NO6/c1-16(2)19(14-21(26)22(27)15-20(17(3)4)25(28)29)12-18-8-9-23(31-6)24(13-18)32-11-7-10-30-5/h8-9,13,16-17,19-22,27H,7,10-12,14-15,26H2,1-6H3,(H,28,29)/t19-,20?,21-,22?/m0/s1. The Kier molecular flexibility index (Phi) is 12.6. The summed E-state index contributed by atoms with van der Waals surface area (Å²) in [6, 6.07) is 5.46. The minimum Gasteiger partial charge on any atom is -0.493 e. The zero-order valence-corrected chi connectivity index (χ0v) is 20.5. The van der Waals surface area contributed by atoms with Gasteiger partial charge in [-0.3, -0.25) is 4.79 Å². The highest BCUT2D eigenvalue weighted by Gasteiger charge is 2.29. The number of aliphatic hydroxyl groups is 1. The van der Waals surface area contributed by atoms with Gasteiger partial charge in [0.05, 0.1) is 25.7 Å². The number of hydrogen-bond donors (Lipinski definition) is 3. The molecule has 4 N–H and O–H groups in total. The van der Waals surface area contributed by atoms with Crippen molar-refractivity contribution in [1.29, 1.82) is 0 Å². The van der Waals surface area contributed by atoms with Gasteiger partial charge in [0.15, 0.2) is 11.5 Å². The van der Waals surface area contributed by atoms with Crippen molar-refractivity contribution in [3.05, 3.63) is 23.8 Å². The summed E-state index contributed by atoms with van der Waals surface area (Å²) in [7, 11) is 3.29. The fraction of sp³-hybridized carbons (Fsp3) is 0.720. The van der Waals surface area contributed by atoms with Crippen LogP contribution in [0.4, 0.5) is 0 Å². The molecule has 0 bridgehead atoms. The zero-order chi connectivity index (χ0) is 24.3. The minimum absolute atomic E-state index is 0.0585. The molecule has 0 saturated heterocycles. The third kappa shape index (κ3) is 9.35. The molecule has 184 valence electrons. The van der Waals surface area contributed by atoms with Crippen LogP contribution < -0.4 is 15.2 Å². The molecule has 1 aromatic carbocycles. The summed E-state index contributed by atoms with van der Waals surface area (Å²) in [5.41, 5.74) is 7.44. The van der Waals surface area contributed by atoms with Crippen LogP contribution in [0.25, 0.3) is 0 Å². The Morgan fingerprint density at radius 1 is 1.03 bits per heavy atom. The Balaban J connectivity index is 2.84. The largest absolute Gasteiger partial charge is 0.493 e. The van der Waals surface area contributed by atoms with Gasteiger partial charge in [0.1, 0.15) is 0 Å². The number of nitrogens with two attached hydrogens (primary N) is 1. The van der Waals surface area contributed by atoms with Gasteiger partial charge in [0.2, 0.25) is 0 Å². The number of ether oxygens (including phenoxy) is 3. The van der Waals surface area contributed by atoms with Crippen molar-refractivity contribution in [2.45, 2.75) is 65.5 Å². The predicted octanol–water partition coefficient (Wildman–Crippen LogP) is 3.75. The zero-order valence-electron chi connectivity index (χ0n) is 20.5. The lowest BCUT2D eigenvalue weighted by molar-refractivity contribution is -0.144. The Morgan fingerprint density at radius 2 is 1.72 bits per heavy atom. The molecule has 0 aliphatic carbocycles. The number of carboxylic acids is 1. The number of rotatable bonds is 16. The molecule has 1 rings (SSSR count). The number of carboxylic acid groups (broad SMARTS) is 1. The number of carbonyl (C=O) groups is 1. The summed E-state index contributed by atoms with van der Waals surface area (Å²) < 4.78 is 16.4. The predicted molar refractivity (Wildman–Crippen MR) is 126 cm³/mol. The third-order valence-corrected chi connectivity index (χ3v) is 6.11. The van der Waals surface area contributed by atoms with Gasteiger partial charge in [-0.15, -0.1) is 0 Å². The molecule has 0 aromatic heterocycles. The molecule has 0 spiro atoms. The summed E-state index contributed by atoms with van der Waals surface area (Å²) in [5, 5.41) is 20.0. The first kappa shape index (κ1) is 28.2. The summed E-state index contributed by atoms with van der Waals surface area (Å²) >= 11 is 0. The second-order valence-corrected chi connectivity index (χ2v) is 9.28. The van der Waals surface area contributed by atoms with E-state index in [-0.39, 0.29) is 18.3 Å². The van der Waals surface area contributed by atoms with Crippen LogP contribution in [-0.4, -0.2) is 55.8 Å². The van der Waals surface area contributed by atoms with E-state index in [0.717, 1.165) is 18.4 Å². The van der Waals surface area contributed by atoms with E-state index in [9.17, 15) is 15.0 Å². The maximum absolute atomic E-state index is 11.5. The Bertz CT molecular complexity index is 678. The summed E-state index contributed by atoms with van der Waals surface area (Å²) in [5.74, 6) is 0.424. The monoisotopic (exact) mass is 453 g/mol. The van der Waals surface area contributed by atoms with Crippen molar-refractivity contribution in [2.24, 2.45) is 29.4 Å². The molecule has 0 amide bonds. The highest BCUT2D eigenvalue weighted by molar-refractivity contribution is 5.70. The van der Waals surface area contributed by atoms with Gasteiger partial charge < -0.3 is 30.2 Å². The van der Waals surface area contributed by atoms with E-state index in [0.29, 0.717) is 37.1 Å². The number of hydrogen-bond acceptors (Lipinski definition) is 6. The first-order valence-corrected chi connectivity index (χ1v) is 11.6. The molecule has 1 aromatic rings. The van der Waals surface area contributed by atoms with Gasteiger partial charge in [-0.1, -0.05) is 33.8 Å². The molecule has 4 atom stereocenters. The van der Waals surface area contributed by atoms with E-state index < -0.39 is 24.0 Å². The molecular formula is C25H43NO6. The summed E-state index contributed by atoms with van der Waals surface area (Å²) in [6.45, 7) is 9.17. The van der Waals surface area contributed by atoms with Crippen LogP contribution in [0, 0.1) is 23.7 Å². The fourth-order valence-corrected chi connectivity index (χ4v) is 3.84. The number of benzene rings is 1. The van der Waals surface area contributed by atoms with Crippen molar-refractivity contribution in [3.63, 3.8) is 0 Å². The first-order chi connectivity index (χ1) is 15.1. The normalized spacial score (nSPS) is 15.4. The lowest BCUT2D eigenvalue weighted by Gasteiger charge is -2.29. The van der Waals surface area contributed by atoms with Crippen molar-refractivity contribution < 1.29 is 29.2 Å². The smallest absolute Gasteiger partial charge is 0.306 e. The molecule has 0 saturated carbocycles. The van der Waals surface area contributed by atoms with Crippen LogP contribution in [0.1, 0.15) is 52.5 Å². The van der Waals surface area contributed by atoms with Gasteiger partial charge in [0.25, 0.3) is 0 Å². The Labute approximate surface area is 193 Å². The van der Waals surface area contributed by atoms with Gasteiger partial charge in [-0.25, -0.2) is 0 Å². The highest BCUT2D eigenvalue weighted by atomic mass is 16.5. The number of aliphatic carboxylic acids is 1. The summed E-state index contributed by atoms with van der Waals surface area (Å²) in [4.78, 5) is 11.5. The number of aliphatic hydroxyl groups excluding tert-OH is 1. The molecule has 2 unspecified atom stereocenters. The van der Waals surface area contributed by atoms with Crippen LogP contribution in [0.15, 0.2) is 18.2 Å². The molecule has 7 heteroatoms. The Hall–Kier alpha value is -1.83. The quantitative estimate of drug-likeness (QED) is 0.327. The van der Waals surface area contributed by atoms with Crippen LogP contribution in [0.5, 0.6) is 11.5 Å². The third-order valence-electron chi connectivity index (χ3n) is 6.11. The van der Waals surface area contributed by atoms with Gasteiger partial charge in [-0.05, 0) is 54.7 Å². The molecule has 0 aliphatic rings. The SMILES string of the molecule is COCCCOc1cc(C[C@@H](C[C@H](N)C(O)CC(C(=O)O)C(C)C)C(C)C)ccc1OC. The van der Waals surface area contributed by atoms with E-state index >= 15 is 0 Å². The molecule has 0 heterocycles. The maximum Gasteiger partial charge on any atom is 0.306 e. The van der Waals surface area contributed by atoms with E-state index in [1.165, 1.54) is 0 Å². The molecule has 7 nitrogen and oxygen atoms in total. The molecular weight excluding hydrogens is 410 g/mol. The lowest BCUT2D eigenvalue weighted by atomic mass is 9.81. The topological polar surface area (TPSA) is 111 Å². The average Bonchev–Trinajstić information content (AvgIpc) is 2.73. The lowest BCUT2D eigenvalue weighted by Crippen LogP contribution is -2.40. The van der Waals surface area contributed by atoms with Gasteiger partial charge in [-0.2, -0.15) is 0 Å². The van der Waals surface area contributed by atoms with E-state index in [4.69, 9.17) is 19.9 Å². The van der Waals surface area contributed by atoms with E-state index in [2.05, 4.69) is 13.8 Å². The van der Waals surface area contributed by atoms with Gasteiger partial charge in [0, 0.05) is 26.2 Å². The van der Waals surface area contributed by atoms with E-state index in [1.807, 2.05) is 32.0 Å². The van der Waals surface area contributed by atoms with Crippen LogP contribution >= 0.6 is 0 Å². The van der Waals surface area contributed by atoms with Crippen molar-refractivity contribution in [1.82, 2.24) is 0 Å². The first-order valence-electron chi connectivity index (χ1n) is 11.6. The van der Waals surface area contributed by atoms with Gasteiger partial charge >= 0.3 is 5.97 Å². The average molecular weight is 454 g/mol. The van der Waals surface area contributed by atoms with Crippen LogP contribution in [0.3, 0.4) is 0 Å². The number of methoxy groups -OCH3 is 2. The van der Waals surface area contributed by atoms with Crippen molar-refractivity contribution >= 4 is 5.97 Å². The highest BCUT2D eigenvalue weighted by Crippen LogP contribution is 2.31. The van der Waals surface area contributed by atoms with Crippen molar-refractivity contribution in [3.8, 4) is 11.5 Å². The van der Waals surface area contributed by atoms with Crippen molar-refractivity contribution in [2.75, 3.05) is 27.4 Å². The molecule has 0 radical (unpaired) electrons. The van der Waals surface area contributed by atoms with E-state index in [1.54, 1.807) is 14.2 Å². The Morgan fingerprint density at radius 3 is 2.25 bits per heavy atom. The molecule has 0 fully saturated rings. The second-order valence-electron chi connectivity index (χ2n) is 9.28. The molecule has 32 heavy (non-hydrogen) atoms. The summed E-state index contributed by atoms with van der Waals surface area (Å²) in [6.07, 6.45) is 1.50. The van der Waals surface area contributed by atoms with Crippen LogP contribution in [0.2, 0.25) is 0 Å². The second kappa shape index (κ2) is 14.3. The van der Waals surface area contributed by atoms with Crippen LogP contribution in [-0.2, 0) is 16.0 Å². The minimum atomic E-state index is -0.886. The maximum atomic E-state index is 11.5. The molecule has 0 aliphatic heterocycles. The fourth-order valence-electron chi connectivity index (χ4n) is 3.84.